The second-order valence-electron chi connectivity index (χ2n) is 8.05. The van der Waals surface area contributed by atoms with Gasteiger partial charge in [-0.05, 0) is 37.3 Å². The minimum Gasteiger partial charge on any atom is -0.469 e. The summed E-state index contributed by atoms with van der Waals surface area (Å²) in [5, 5.41) is 9.46. The van der Waals surface area contributed by atoms with Crippen molar-refractivity contribution in [1.29, 1.82) is 0 Å². The molecule has 2 rings (SSSR count). The zero-order valence-corrected chi connectivity index (χ0v) is 20.3. The van der Waals surface area contributed by atoms with Crippen molar-refractivity contribution in [3.05, 3.63) is 46.6 Å². The number of carbonyl (C=O) groups excluding carboxylic acids is 2. The van der Waals surface area contributed by atoms with Crippen LogP contribution in [-0.4, -0.2) is 49.1 Å². The van der Waals surface area contributed by atoms with Crippen LogP contribution in [0.1, 0.15) is 55.0 Å². The number of hydrogen-bond donors (Lipinski definition) is 3. The molecule has 1 aromatic carbocycles. The van der Waals surface area contributed by atoms with Gasteiger partial charge in [-0.3, -0.25) is 9.59 Å². The lowest BCUT2D eigenvalue weighted by molar-refractivity contribution is -0.139. The molecule has 0 aliphatic carbocycles. The number of nitrogens with zero attached hydrogens (tertiary/aromatic N) is 2. The molecule has 0 saturated heterocycles. The van der Waals surface area contributed by atoms with Crippen LogP contribution >= 0.6 is 0 Å². The maximum atomic E-state index is 12.4. The van der Waals surface area contributed by atoms with Gasteiger partial charge in [0.2, 0.25) is 11.9 Å². The number of aryl methyl sites for hydroxylation is 1. The first-order chi connectivity index (χ1) is 16.0. The normalized spacial score (nSPS) is 10.5. The van der Waals surface area contributed by atoms with Gasteiger partial charge in [-0.25, -0.2) is 4.98 Å². The first-order valence-corrected chi connectivity index (χ1v) is 11.7. The van der Waals surface area contributed by atoms with Crippen molar-refractivity contribution in [2.45, 2.75) is 58.8 Å². The number of ether oxygens (including phenoxy) is 1. The van der Waals surface area contributed by atoms with Gasteiger partial charge in [0.25, 0.3) is 0 Å². The van der Waals surface area contributed by atoms with Crippen molar-refractivity contribution in [2.24, 2.45) is 0 Å². The molecule has 1 amide bonds. The van der Waals surface area contributed by atoms with Gasteiger partial charge >= 0.3 is 5.97 Å². The van der Waals surface area contributed by atoms with Crippen LogP contribution in [0, 0.1) is 6.92 Å². The zero-order chi connectivity index (χ0) is 24.1. The van der Waals surface area contributed by atoms with Crippen molar-refractivity contribution in [1.82, 2.24) is 15.3 Å². The van der Waals surface area contributed by atoms with Gasteiger partial charge in [0.05, 0.1) is 20.0 Å². The van der Waals surface area contributed by atoms with Gasteiger partial charge in [0.1, 0.15) is 5.82 Å². The minimum absolute atomic E-state index is 0.0402. The molecule has 0 aliphatic heterocycles. The van der Waals surface area contributed by atoms with Crippen molar-refractivity contribution in [3.63, 3.8) is 0 Å². The molecule has 1 heterocycles. The Balaban J connectivity index is 1.86. The highest BCUT2D eigenvalue weighted by Gasteiger charge is 2.12. The van der Waals surface area contributed by atoms with Gasteiger partial charge < -0.3 is 20.7 Å². The molecule has 33 heavy (non-hydrogen) atoms. The molecule has 0 spiro atoms. The van der Waals surface area contributed by atoms with Crippen molar-refractivity contribution in [2.75, 3.05) is 37.9 Å². The standard InChI is InChI=1S/C25H37N5O3/c1-5-6-7-13-28-24-21(18(2)29-25(26-3)30-24)12-9-14-27-22(31)16-19-10-8-11-20(15-19)17-23(32)33-4/h8,10-11,15H,5-7,9,12-14,16-17H2,1-4H3,(H,27,31)(H2,26,28,29,30). The first kappa shape index (κ1) is 26.1. The second-order valence-corrected chi connectivity index (χ2v) is 8.05. The second kappa shape index (κ2) is 14.1. The number of benzene rings is 1. The smallest absolute Gasteiger partial charge is 0.309 e. The van der Waals surface area contributed by atoms with E-state index in [-0.39, 0.29) is 24.7 Å². The third kappa shape index (κ3) is 9.08. The van der Waals surface area contributed by atoms with Crippen LogP contribution in [0.15, 0.2) is 24.3 Å². The lowest BCUT2D eigenvalue weighted by atomic mass is 10.1. The van der Waals surface area contributed by atoms with E-state index in [9.17, 15) is 9.59 Å². The van der Waals surface area contributed by atoms with Crippen LogP contribution in [0.2, 0.25) is 0 Å². The molecule has 0 fully saturated rings. The molecule has 8 heteroatoms. The van der Waals surface area contributed by atoms with Gasteiger partial charge in [0.15, 0.2) is 0 Å². The highest BCUT2D eigenvalue weighted by Crippen LogP contribution is 2.20. The number of esters is 1. The number of amides is 1. The molecule has 0 bridgehead atoms. The molecule has 0 radical (unpaired) electrons. The average Bonchev–Trinajstić information content (AvgIpc) is 2.80. The number of hydrogen-bond acceptors (Lipinski definition) is 7. The number of carbonyl (C=O) groups is 2. The fraction of sp³-hybridized carbons (Fsp3) is 0.520. The summed E-state index contributed by atoms with van der Waals surface area (Å²) in [6, 6.07) is 7.47. The summed E-state index contributed by atoms with van der Waals surface area (Å²) in [6.45, 7) is 5.64. The molecule has 0 unspecified atom stereocenters. The van der Waals surface area contributed by atoms with Gasteiger partial charge in [-0.15, -0.1) is 0 Å². The van der Waals surface area contributed by atoms with Gasteiger partial charge in [-0.2, -0.15) is 4.98 Å². The largest absolute Gasteiger partial charge is 0.469 e. The summed E-state index contributed by atoms with van der Waals surface area (Å²) in [5.41, 5.74) is 3.75. The average molecular weight is 456 g/mol. The molecular weight excluding hydrogens is 418 g/mol. The Morgan fingerprint density at radius 1 is 1.03 bits per heavy atom. The summed E-state index contributed by atoms with van der Waals surface area (Å²) in [6.07, 6.45) is 5.51. The lowest BCUT2D eigenvalue weighted by Crippen LogP contribution is -2.26. The predicted molar refractivity (Wildman–Crippen MR) is 132 cm³/mol. The lowest BCUT2D eigenvalue weighted by Gasteiger charge is -2.15. The van der Waals surface area contributed by atoms with E-state index in [4.69, 9.17) is 4.74 Å². The third-order valence-corrected chi connectivity index (χ3v) is 5.37. The SMILES string of the molecule is CCCCCNc1nc(NC)nc(C)c1CCCNC(=O)Cc1cccc(CC(=O)OC)c1. The van der Waals surface area contributed by atoms with Crippen LogP contribution in [0.5, 0.6) is 0 Å². The fourth-order valence-corrected chi connectivity index (χ4v) is 3.56. The highest BCUT2D eigenvalue weighted by atomic mass is 16.5. The molecule has 3 N–H and O–H groups in total. The van der Waals surface area contributed by atoms with Gasteiger partial charge in [0, 0.05) is 31.4 Å². The third-order valence-electron chi connectivity index (χ3n) is 5.37. The van der Waals surface area contributed by atoms with E-state index in [0.717, 1.165) is 54.0 Å². The Bertz CT molecular complexity index is 917. The maximum Gasteiger partial charge on any atom is 0.309 e. The summed E-state index contributed by atoms with van der Waals surface area (Å²) in [5.74, 6) is 1.15. The quantitative estimate of drug-likeness (QED) is 0.296. The molecule has 0 atom stereocenters. The van der Waals surface area contributed by atoms with E-state index in [1.165, 1.54) is 20.0 Å². The highest BCUT2D eigenvalue weighted by molar-refractivity contribution is 5.78. The Labute approximate surface area is 196 Å². The number of nitrogens with one attached hydrogen (secondary N) is 3. The van der Waals surface area contributed by atoms with Crippen molar-refractivity contribution >= 4 is 23.6 Å². The Morgan fingerprint density at radius 2 is 1.79 bits per heavy atom. The summed E-state index contributed by atoms with van der Waals surface area (Å²) in [4.78, 5) is 33.0. The fourth-order valence-electron chi connectivity index (χ4n) is 3.56. The number of methoxy groups -OCH3 is 1. The van der Waals surface area contributed by atoms with Crippen LogP contribution in [0.3, 0.4) is 0 Å². The van der Waals surface area contributed by atoms with Crippen LogP contribution in [-0.2, 0) is 33.6 Å². The monoisotopic (exact) mass is 455 g/mol. The van der Waals surface area contributed by atoms with Crippen molar-refractivity contribution in [3.8, 4) is 0 Å². The van der Waals surface area contributed by atoms with Crippen LogP contribution in [0.4, 0.5) is 11.8 Å². The van der Waals surface area contributed by atoms with Gasteiger partial charge in [-0.1, -0.05) is 44.0 Å². The number of aromatic nitrogens is 2. The molecular formula is C25H37N5O3. The van der Waals surface area contributed by atoms with E-state index >= 15 is 0 Å². The minimum atomic E-state index is -0.294. The predicted octanol–water partition coefficient (Wildman–Crippen LogP) is 3.44. The Hall–Kier alpha value is -3.16. The Morgan fingerprint density at radius 3 is 2.48 bits per heavy atom. The molecule has 8 nitrogen and oxygen atoms in total. The van der Waals surface area contributed by atoms with Crippen LogP contribution < -0.4 is 16.0 Å². The number of unbranched alkanes of at least 4 members (excludes halogenated alkanes) is 2. The maximum absolute atomic E-state index is 12.4. The van der Waals surface area contributed by atoms with E-state index in [2.05, 4.69) is 32.8 Å². The van der Waals surface area contributed by atoms with Crippen molar-refractivity contribution < 1.29 is 14.3 Å². The number of rotatable bonds is 14. The summed E-state index contributed by atoms with van der Waals surface area (Å²) < 4.78 is 4.70. The molecule has 0 saturated carbocycles. The zero-order valence-electron chi connectivity index (χ0n) is 20.3. The molecule has 0 aliphatic rings. The van der Waals surface area contributed by atoms with E-state index in [1.54, 1.807) is 0 Å². The van der Waals surface area contributed by atoms with Crippen LogP contribution in [0.25, 0.3) is 0 Å². The number of anilines is 2. The molecule has 1 aromatic heterocycles. The summed E-state index contributed by atoms with van der Waals surface area (Å²) in [7, 11) is 3.18. The topological polar surface area (TPSA) is 105 Å². The van der Waals surface area contributed by atoms with E-state index in [0.29, 0.717) is 12.5 Å². The molecule has 2 aromatic rings. The van der Waals surface area contributed by atoms with E-state index < -0.39 is 0 Å². The first-order valence-electron chi connectivity index (χ1n) is 11.7. The van der Waals surface area contributed by atoms with E-state index in [1.807, 2.05) is 38.2 Å². The molecule has 180 valence electrons. The summed E-state index contributed by atoms with van der Waals surface area (Å²) >= 11 is 0. The Kier molecular flexibility index (Phi) is 11.1.